The average molecular weight is 248 g/mol. The van der Waals surface area contributed by atoms with Crippen LogP contribution in [-0.2, 0) is 16.0 Å². The molecule has 1 amide bonds. The van der Waals surface area contributed by atoms with Gasteiger partial charge in [0, 0.05) is 13.7 Å². The van der Waals surface area contributed by atoms with E-state index < -0.39 is 6.04 Å². The Balaban J connectivity index is 1.91. The predicted molar refractivity (Wildman–Crippen MR) is 70.1 cm³/mol. The van der Waals surface area contributed by atoms with E-state index >= 15 is 0 Å². The molecule has 0 radical (unpaired) electrons. The molecule has 1 heterocycles. The van der Waals surface area contributed by atoms with Crippen molar-refractivity contribution in [2.24, 2.45) is 5.73 Å². The Bertz CT molecular complexity index is 388. The zero-order valence-electron chi connectivity index (χ0n) is 10.7. The quantitative estimate of drug-likeness (QED) is 0.857. The van der Waals surface area contributed by atoms with Gasteiger partial charge in [-0.25, -0.2) is 0 Å². The second-order valence-electron chi connectivity index (χ2n) is 4.76. The van der Waals surface area contributed by atoms with Gasteiger partial charge in [-0.1, -0.05) is 30.3 Å². The first-order chi connectivity index (χ1) is 8.68. The minimum atomic E-state index is -0.474. The summed E-state index contributed by atoms with van der Waals surface area (Å²) in [4.78, 5) is 13.9. The van der Waals surface area contributed by atoms with E-state index in [4.69, 9.17) is 10.5 Å². The number of rotatable bonds is 4. The molecule has 1 unspecified atom stereocenters. The zero-order valence-corrected chi connectivity index (χ0v) is 10.7. The van der Waals surface area contributed by atoms with Crippen molar-refractivity contribution in [1.29, 1.82) is 0 Å². The van der Waals surface area contributed by atoms with Crippen molar-refractivity contribution in [1.82, 2.24) is 4.90 Å². The van der Waals surface area contributed by atoms with E-state index in [-0.39, 0.29) is 11.9 Å². The number of benzene rings is 1. The van der Waals surface area contributed by atoms with Crippen molar-refractivity contribution >= 4 is 5.91 Å². The van der Waals surface area contributed by atoms with Gasteiger partial charge in [0.15, 0.2) is 0 Å². The summed E-state index contributed by atoms with van der Waals surface area (Å²) < 4.78 is 5.29. The van der Waals surface area contributed by atoms with E-state index in [0.717, 1.165) is 18.6 Å². The summed E-state index contributed by atoms with van der Waals surface area (Å²) >= 11 is 0. The van der Waals surface area contributed by atoms with Crippen LogP contribution in [0.4, 0.5) is 0 Å². The van der Waals surface area contributed by atoms with Gasteiger partial charge in [0.25, 0.3) is 0 Å². The molecule has 0 aromatic heterocycles. The number of hydrogen-bond acceptors (Lipinski definition) is 3. The number of likely N-dealkylation sites (N-methyl/N-ethyl adjacent to an activating group) is 1. The Morgan fingerprint density at radius 2 is 2.22 bits per heavy atom. The monoisotopic (exact) mass is 248 g/mol. The summed E-state index contributed by atoms with van der Waals surface area (Å²) in [6.07, 6.45) is 1.48. The van der Waals surface area contributed by atoms with Crippen molar-refractivity contribution in [3.63, 3.8) is 0 Å². The molecule has 4 nitrogen and oxygen atoms in total. The molecule has 98 valence electrons. The minimum absolute atomic E-state index is 0.00523. The summed E-state index contributed by atoms with van der Waals surface area (Å²) in [5.41, 5.74) is 7.08. The maximum atomic E-state index is 12.2. The van der Waals surface area contributed by atoms with Crippen LogP contribution in [0.25, 0.3) is 0 Å². The van der Waals surface area contributed by atoms with Gasteiger partial charge in [-0.3, -0.25) is 4.79 Å². The van der Waals surface area contributed by atoms with Gasteiger partial charge in [-0.2, -0.15) is 0 Å². The molecule has 1 fully saturated rings. The van der Waals surface area contributed by atoms with Gasteiger partial charge >= 0.3 is 0 Å². The molecule has 0 aliphatic carbocycles. The number of carbonyl (C=O) groups excluding carboxylic acids is 1. The van der Waals surface area contributed by atoms with Crippen LogP contribution in [0.15, 0.2) is 30.3 Å². The maximum Gasteiger partial charge on any atom is 0.239 e. The van der Waals surface area contributed by atoms with Crippen molar-refractivity contribution < 1.29 is 9.53 Å². The molecule has 1 aliphatic heterocycles. The smallest absolute Gasteiger partial charge is 0.239 e. The summed E-state index contributed by atoms with van der Waals surface area (Å²) in [7, 11) is 1.81. The maximum absolute atomic E-state index is 12.2. The van der Waals surface area contributed by atoms with Gasteiger partial charge in [-0.15, -0.1) is 0 Å². The molecule has 2 rings (SSSR count). The third-order valence-corrected chi connectivity index (χ3v) is 3.42. The number of ether oxygens (including phenoxy) is 1. The summed E-state index contributed by atoms with van der Waals surface area (Å²) in [6, 6.07) is 9.57. The highest BCUT2D eigenvalue weighted by Crippen LogP contribution is 2.12. The SMILES string of the molecule is CN(C(=O)[C@H](N)Cc1ccccc1)C1CCOC1. The number of carbonyl (C=O) groups is 1. The molecule has 0 bridgehead atoms. The zero-order chi connectivity index (χ0) is 13.0. The van der Waals surface area contributed by atoms with E-state index in [0.29, 0.717) is 13.0 Å². The third-order valence-electron chi connectivity index (χ3n) is 3.42. The number of hydrogen-bond donors (Lipinski definition) is 1. The van der Waals surface area contributed by atoms with Crippen LogP contribution < -0.4 is 5.73 Å². The van der Waals surface area contributed by atoms with E-state index in [2.05, 4.69) is 0 Å². The first kappa shape index (κ1) is 13.1. The molecule has 2 N–H and O–H groups in total. The molecule has 4 heteroatoms. The fourth-order valence-electron chi connectivity index (χ4n) is 2.22. The van der Waals surface area contributed by atoms with Crippen molar-refractivity contribution in [2.45, 2.75) is 24.9 Å². The predicted octanol–water partition coefficient (Wildman–Crippen LogP) is 0.804. The van der Waals surface area contributed by atoms with Crippen LogP contribution in [0.1, 0.15) is 12.0 Å². The Hall–Kier alpha value is -1.39. The van der Waals surface area contributed by atoms with Gasteiger partial charge in [0.05, 0.1) is 18.7 Å². The van der Waals surface area contributed by atoms with E-state index in [9.17, 15) is 4.79 Å². The number of nitrogens with zero attached hydrogens (tertiary/aromatic N) is 1. The van der Waals surface area contributed by atoms with Crippen molar-refractivity contribution in [3.8, 4) is 0 Å². The average Bonchev–Trinajstić information content (AvgIpc) is 2.92. The molecule has 1 saturated heterocycles. The molecule has 0 spiro atoms. The Morgan fingerprint density at radius 3 is 2.83 bits per heavy atom. The van der Waals surface area contributed by atoms with Gasteiger partial charge in [-0.05, 0) is 18.4 Å². The van der Waals surface area contributed by atoms with Crippen LogP contribution in [-0.4, -0.2) is 43.2 Å². The van der Waals surface area contributed by atoms with Crippen LogP contribution in [0, 0.1) is 0 Å². The first-order valence-corrected chi connectivity index (χ1v) is 6.32. The second-order valence-corrected chi connectivity index (χ2v) is 4.76. The van der Waals surface area contributed by atoms with Gasteiger partial charge in [0.2, 0.25) is 5.91 Å². The largest absolute Gasteiger partial charge is 0.379 e. The lowest BCUT2D eigenvalue weighted by Gasteiger charge is -2.26. The van der Waals surface area contributed by atoms with E-state index in [1.165, 1.54) is 0 Å². The van der Waals surface area contributed by atoms with Crippen molar-refractivity contribution in [2.75, 3.05) is 20.3 Å². The standard InChI is InChI=1S/C14H20N2O2/c1-16(12-7-8-18-10-12)14(17)13(15)9-11-5-3-2-4-6-11/h2-6,12-13H,7-10,15H2,1H3/t12?,13-/m1/s1. The third kappa shape index (κ3) is 3.09. The Kier molecular flexibility index (Phi) is 4.33. The molecular weight excluding hydrogens is 228 g/mol. The highest BCUT2D eigenvalue weighted by atomic mass is 16.5. The molecule has 1 aliphatic rings. The molecule has 1 aromatic rings. The second kappa shape index (κ2) is 5.98. The van der Waals surface area contributed by atoms with Gasteiger partial charge < -0.3 is 15.4 Å². The van der Waals surface area contributed by atoms with Gasteiger partial charge in [0.1, 0.15) is 0 Å². The minimum Gasteiger partial charge on any atom is -0.379 e. The summed E-state index contributed by atoms with van der Waals surface area (Å²) in [5.74, 6) is -0.00523. The molecule has 18 heavy (non-hydrogen) atoms. The number of amides is 1. The lowest BCUT2D eigenvalue weighted by atomic mass is 10.0. The normalized spacial score (nSPS) is 20.7. The fraction of sp³-hybridized carbons (Fsp3) is 0.500. The van der Waals surface area contributed by atoms with Crippen LogP contribution in [0.3, 0.4) is 0 Å². The molecule has 2 atom stereocenters. The lowest BCUT2D eigenvalue weighted by molar-refractivity contribution is -0.133. The fourth-order valence-corrected chi connectivity index (χ4v) is 2.22. The Morgan fingerprint density at radius 1 is 1.50 bits per heavy atom. The molecule has 1 aromatic carbocycles. The molecular formula is C14H20N2O2. The van der Waals surface area contributed by atoms with Crippen LogP contribution in [0.2, 0.25) is 0 Å². The topological polar surface area (TPSA) is 55.6 Å². The summed E-state index contributed by atoms with van der Waals surface area (Å²) in [5, 5.41) is 0. The van der Waals surface area contributed by atoms with Crippen LogP contribution in [0.5, 0.6) is 0 Å². The molecule has 0 saturated carbocycles. The highest BCUT2D eigenvalue weighted by Gasteiger charge is 2.27. The summed E-state index contributed by atoms with van der Waals surface area (Å²) in [6.45, 7) is 1.36. The van der Waals surface area contributed by atoms with Crippen molar-refractivity contribution in [3.05, 3.63) is 35.9 Å². The van der Waals surface area contributed by atoms with E-state index in [1.54, 1.807) is 4.90 Å². The first-order valence-electron chi connectivity index (χ1n) is 6.32. The number of nitrogens with two attached hydrogens (primary N) is 1. The lowest BCUT2D eigenvalue weighted by Crippen LogP contribution is -2.47. The highest BCUT2D eigenvalue weighted by molar-refractivity contribution is 5.82. The Labute approximate surface area is 108 Å². The van der Waals surface area contributed by atoms with E-state index in [1.807, 2.05) is 37.4 Å². The van der Waals surface area contributed by atoms with Crippen LogP contribution >= 0.6 is 0 Å².